The summed E-state index contributed by atoms with van der Waals surface area (Å²) in [6.07, 6.45) is 4.36. The molecule has 0 spiro atoms. The van der Waals surface area contributed by atoms with Crippen molar-refractivity contribution in [3.05, 3.63) is 70.2 Å². The van der Waals surface area contributed by atoms with Crippen LogP contribution in [0.4, 0.5) is 0 Å². The molecule has 0 aromatic heterocycles. The molecule has 0 bridgehead atoms. The molecule has 0 aliphatic heterocycles. The molecule has 1 saturated carbocycles. The van der Waals surface area contributed by atoms with Crippen molar-refractivity contribution < 1.29 is 9.59 Å². The van der Waals surface area contributed by atoms with Crippen molar-refractivity contribution in [3.63, 3.8) is 0 Å². The molecule has 166 valence electrons. The van der Waals surface area contributed by atoms with Crippen LogP contribution in [0.2, 0.25) is 5.02 Å². The van der Waals surface area contributed by atoms with Crippen molar-refractivity contribution in [2.75, 3.05) is 5.75 Å². The van der Waals surface area contributed by atoms with Crippen molar-refractivity contribution >= 4 is 35.2 Å². The third-order valence-corrected chi connectivity index (χ3v) is 6.95. The van der Waals surface area contributed by atoms with Gasteiger partial charge in [0.25, 0.3) is 0 Å². The molecule has 0 unspecified atom stereocenters. The number of aryl methyl sites for hydroxylation is 1. The fraction of sp³-hybridized carbons (Fsp3) is 0.440. The number of nitrogens with one attached hydrogen (secondary N) is 1. The van der Waals surface area contributed by atoms with E-state index in [1.54, 1.807) is 16.7 Å². The highest BCUT2D eigenvalue weighted by atomic mass is 35.5. The largest absolute Gasteiger partial charge is 0.352 e. The van der Waals surface area contributed by atoms with Gasteiger partial charge in [-0.2, -0.15) is 0 Å². The molecule has 1 aliphatic rings. The fourth-order valence-electron chi connectivity index (χ4n) is 3.90. The smallest absolute Gasteiger partial charge is 0.242 e. The van der Waals surface area contributed by atoms with Crippen molar-refractivity contribution in [2.24, 2.45) is 0 Å². The Morgan fingerprint density at radius 1 is 1.13 bits per heavy atom. The molecule has 31 heavy (non-hydrogen) atoms. The molecule has 1 N–H and O–H groups in total. The Morgan fingerprint density at radius 3 is 2.52 bits per heavy atom. The summed E-state index contributed by atoms with van der Waals surface area (Å²) in [5.41, 5.74) is 3.38. The molecular weight excluding hydrogens is 428 g/mol. The Labute approximate surface area is 194 Å². The number of carbonyl (C=O) groups is 2. The Kier molecular flexibility index (Phi) is 8.85. The molecular formula is C25H31ClN2O2S. The summed E-state index contributed by atoms with van der Waals surface area (Å²) in [6, 6.07) is 15.5. The van der Waals surface area contributed by atoms with Gasteiger partial charge in [-0.15, -0.1) is 11.8 Å². The van der Waals surface area contributed by atoms with E-state index in [-0.39, 0.29) is 17.9 Å². The highest BCUT2D eigenvalue weighted by Gasteiger charge is 2.28. The van der Waals surface area contributed by atoms with Crippen LogP contribution >= 0.6 is 23.4 Å². The molecule has 1 atom stereocenters. The van der Waals surface area contributed by atoms with Gasteiger partial charge in [-0.1, -0.05) is 66.4 Å². The summed E-state index contributed by atoms with van der Waals surface area (Å²) in [7, 11) is 0. The first-order chi connectivity index (χ1) is 14.9. The number of amides is 2. The lowest BCUT2D eigenvalue weighted by Crippen LogP contribution is -2.50. The van der Waals surface area contributed by atoms with Gasteiger partial charge in [-0.3, -0.25) is 9.59 Å². The molecule has 6 heteroatoms. The van der Waals surface area contributed by atoms with Crippen LogP contribution in [-0.2, 0) is 21.9 Å². The minimum absolute atomic E-state index is 0.0262. The average Bonchev–Trinajstić information content (AvgIpc) is 3.26. The van der Waals surface area contributed by atoms with Crippen LogP contribution in [0.3, 0.4) is 0 Å². The second-order valence-corrected chi connectivity index (χ2v) is 9.72. The van der Waals surface area contributed by atoms with Crippen LogP contribution in [0, 0.1) is 6.92 Å². The van der Waals surface area contributed by atoms with E-state index < -0.39 is 6.04 Å². The maximum absolute atomic E-state index is 13.2. The fourth-order valence-corrected chi connectivity index (χ4v) is 4.89. The van der Waals surface area contributed by atoms with Crippen molar-refractivity contribution in [1.29, 1.82) is 0 Å². The molecule has 0 radical (unpaired) electrons. The van der Waals surface area contributed by atoms with Gasteiger partial charge in [-0.05, 0) is 49.9 Å². The summed E-state index contributed by atoms with van der Waals surface area (Å²) in [6.45, 7) is 4.28. The number of benzene rings is 2. The molecule has 3 rings (SSSR count). The van der Waals surface area contributed by atoms with Crippen LogP contribution in [0.5, 0.6) is 0 Å². The average molecular weight is 459 g/mol. The minimum Gasteiger partial charge on any atom is -0.352 e. The van der Waals surface area contributed by atoms with Crippen LogP contribution in [0.1, 0.15) is 49.3 Å². The number of thioether (sulfide) groups is 1. The van der Waals surface area contributed by atoms with Crippen molar-refractivity contribution in [1.82, 2.24) is 10.2 Å². The van der Waals surface area contributed by atoms with E-state index in [2.05, 4.69) is 30.4 Å². The summed E-state index contributed by atoms with van der Waals surface area (Å²) in [5.74, 6) is 1.01. The molecule has 0 saturated heterocycles. The monoisotopic (exact) mass is 458 g/mol. The Morgan fingerprint density at radius 2 is 1.84 bits per heavy atom. The number of hydrogen-bond acceptors (Lipinski definition) is 3. The summed E-state index contributed by atoms with van der Waals surface area (Å²) in [5, 5.41) is 3.79. The first-order valence-electron chi connectivity index (χ1n) is 10.9. The van der Waals surface area contributed by atoms with E-state index in [9.17, 15) is 9.59 Å². The number of carbonyl (C=O) groups excluding carboxylic acids is 2. The Bertz CT molecular complexity index is 881. The zero-order valence-electron chi connectivity index (χ0n) is 18.3. The van der Waals surface area contributed by atoms with Gasteiger partial charge in [0.2, 0.25) is 11.8 Å². The second-order valence-electron chi connectivity index (χ2n) is 8.30. The third-order valence-electron chi connectivity index (χ3n) is 5.71. The van der Waals surface area contributed by atoms with E-state index in [0.29, 0.717) is 17.3 Å². The number of rotatable bonds is 9. The van der Waals surface area contributed by atoms with Gasteiger partial charge in [0, 0.05) is 23.4 Å². The van der Waals surface area contributed by atoms with Crippen LogP contribution < -0.4 is 5.32 Å². The van der Waals surface area contributed by atoms with Gasteiger partial charge in [0.1, 0.15) is 6.04 Å². The zero-order chi connectivity index (χ0) is 22.2. The first-order valence-corrected chi connectivity index (χ1v) is 12.4. The number of nitrogens with zero attached hydrogens (tertiary/aromatic N) is 1. The molecule has 2 amide bonds. The Balaban J connectivity index is 1.64. The van der Waals surface area contributed by atoms with Gasteiger partial charge in [-0.25, -0.2) is 0 Å². The van der Waals surface area contributed by atoms with Crippen LogP contribution in [0.25, 0.3) is 0 Å². The Hall–Kier alpha value is -1.98. The molecule has 4 nitrogen and oxygen atoms in total. The van der Waals surface area contributed by atoms with E-state index >= 15 is 0 Å². The highest BCUT2D eigenvalue weighted by molar-refractivity contribution is 7.99. The van der Waals surface area contributed by atoms with Gasteiger partial charge < -0.3 is 10.2 Å². The van der Waals surface area contributed by atoms with E-state index in [4.69, 9.17) is 11.6 Å². The standard InChI is InChI=1S/C25H31ClN2O2S/c1-18-6-5-7-21(14-18)16-31-17-24(29)28(15-20-10-12-22(26)13-11-20)19(2)25(30)27-23-8-3-4-9-23/h5-7,10-14,19,23H,3-4,8-9,15-17H2,1-2H3,(H,27,30)/t19-/m0/s1. The second kappa shape index (κ2) is 11.6. The first kappa shape index (κ1) is 23.7. The predicted octanol–water partition coefficient (Wildman–Crippen LogP) is 5.36. The number of halogens is 1. The normalized spacial score (nSPS) is 14.9. The maximum Gasteiger partial charge on any atom is 0.242 e. The maximum atomic E-state index is 13.2. The predicted molar refractivity (Wildman–Crippen MR) is 129 cm³/mol. The van der Waals surface area contributed by atoms with Gasteiger partial charge in [0.15, 0.2) is 0 Å². The topological polar surface area (TPSA) is 49.4 Å². The van der Waals surface area contributed by atoms with E-state index in [1.165, 1.54) is 11.1 Å². The van der Waals surface area contributed by atoms with Crippen LogP contribution in [0.15, 0.2) is 48.5 Å². The lowest BCUT2D eigenvalue weighted by atomic mass is 10.1. The third kappa shape index (κ3) is 7.29. The highest BCUT2D eigenvalue weighted by Crippen LogP contribution is 2.20. The lowest BCUT2D eigenvalue weighted by molar-refractivity contribution is -0.138. The quantitative estimate of drug-likeness (QED) is 0.550. The molecule has 2 aromatic rings. The summed E-state index contributed by atoms with van der Waals surface area (Å²) in [4.78, 5) is 27.7. The van der Waals surface area contributed by atoms with Crippen molar-refractivity contribution in [3.8, 4) is 0 Å². The van der Waals surface area contributed by atoms with Gasteiger partial charge >= 0.3 is 0 Å². The SMILES string of the molecule is Cc1cccc(CSCC(=O)N(Cc2ccc(Cl)cc2)[C@@H](C)C(=O)NC2CCCC2)c1. The van der Waals surface area contributed by atoms with E-state index in [0.717, 1.165) is 37.0 Å². The number of hydrogen-bond donors (Lipinski definition) is 1. The summed E-state index contributed by atoms with van der Waals surface area (Å²) < 4.78 is 0. The van der Waals surface area contributed by atoms with Crippen molar-refractivity contribution in [2.45, 2.75) is 63.9 Å². The van der Waals surface area contributed by atoms with Crippen LogP contribution in [-0.4, -0.2) is 34.6 Å². The minimum atomic E-state index is -0.525. The van der Waals surface area contributed by atoms with Gasteiger partial charge in [0.05, 0.1) is 5.75 Å². The molecule has 1 aliphatic carbocycles. The van der Waals surface area contributed by atoms with E-state index in [1.807, 2.05) is 37.3 Å². The molecule has 2 aromatic carbocycles. The molecule has 1 fully saturated rings. The molecule has 0 heterocycles. The lowest BCUT2D eigenvalue weighted by Gasteiger charge is -2.29. The summed E-state index contributed by atoms with van der Waals surface area (Å²) >= 11 is 7.59. The zero-order valence-corrected chi connectivity index (χ0v) is 19.8.